The number of anilines is 1. The quantitative estimate of drug-likeness (QED) is 0.474. The van der Waals surface area contributed by atoms with E-state index in [0.29, 0.717) is 17.1 Å². The molecule has 2 atom stereocenters. The molecule has 1 N–H and O–H groups in total. The summed E-state index contributed by atoms with van der Waals surface area (Å²) in [6, 6.07) is 13.0. The van der Waals surface area contributed by atoms with E-state index in [9.17, 15) is 4.79 Å². The maximum Gasteiger partial charge on any atom is 0.412 e. The first-order chi connectivity index (χ1) is 15.4. The zero-order chi connectivity index (χ0) is 22.8. The van der Waals surface area contributed by atoms with Crippen LogP contribution >= 0.6 is 11.6 Å². The number of carbonyl (C=O) groups excluding carboxylic acids is 1. The van der Waals surface area contributed by atoms with Gasteiger partial charge in [-0.1, -0.05) is 23.7 Å². The van der Waals surface area contributed by atoms with Crippen LogP contribution in [-0.4, -0.2) is 29.1 Å². The van der Waals surface area contributed by atoms with E-state index >= 15 is 0 Å². The zero-order valence-corrected chi connectivity index (χ0v) is 19.3. The van der Waals surface area contributed by atoms with E-state index in [1.807, 2.05) is 42.8 Å². The van der Waals surface area contributed by atoms with Crippen LogP contribution in [0.2, 0.25) is 5.02 Å². The number of benzene rings is 2. The molecule has 3 aromatic rings. The number of nitrogens with zero attached hydrogens (tertiary/aromatic N) is 2. The van der Waals surface area contributed by atoms with Crippen LogP contribution in [0, 0.1) is 20.8 Å². The average molecular weight is 452 g/mol. The van der Waals surface area contributed by atoms with Gasteiger partial charge in [-0.05, 0) is 75.2 Å². The van der Waals surface area contributed by atoms with E-state index in [1.54, 1.807) is 31.4 Å². The largest absolute Gasteiger partial charge is 0.497 e. The number of ether oxygens (including phenoxy) is 2. The minimum absolute atomic E-state index is 0.128. The highest BCUT2D eigenvalue weighted by atomic mass is 35.5. The Morgan fingerprint density at radius 3 is 2.56 bits per heavy atom. The molecule has 0 saturated heterocycles. The molecular weight excluding hydrogens is 426 g/mol. The van der Waals surface area contributed by atoms with E-state index in [2.05, 4.69) is 18.3 Å². The lowest BCUT2D eigenvalue weighted by molar-refractivity contribution is 0.132. The highest BCUT2D eigenvalue weighted by molar-refractivity contribution is 6.31. The molecule has 2 aromatic carbocycles. The second kappa shape index (κ2) is 9.09. The van der Waals surface area contributed by atoms with Gasteiger partial charge in [0.2, 0.25) is 0 Å². The minimum atomic E-state index is -0.482. The number of hydrogen-bond acceptors (Lipinski definition) is 4. The van der Waals surface area contributed by atoms with Crippen molar-refractivity contribution in [3.05, 3.63) is 82.2 Å². The molecule has 6 nitrogen and oxygen atoms in total. The molecular formula is C25H26ClN3O3. The van der Waals surface area contributed by atoms with Gasteiger partial charge in [-0.2, -0.15) is 5.10 Å². The zero-order valence-electron chi connectivity index (χ0n) is 18.6. The predicted octanol–water partition coefficient (Wildman–Crippen LogP) is 6.12. The summed E-state index contributed by atoms with van der Waals surface area (Å²) in [6.07, 6.45) is 3.93. The van der Waals surface area contributed by atoms with Gasteiger partial charge < -0.3 is 9.47 Å². The maximum atomic E-state index is 12.3. The van der Waals surface area contributed by atoms with Crippen molar-refractivity contribution in [2.45, 2.75) is 39.2 Å². The number of amides is 1. The summed E-state index contributed by atoms with van der Waals surface area (Å²) in [5.41, 5.74) is 5.78. The van der Waals surface area contributed by atoms with E-state index in [-0.39, 0.29) is 12.0 Å². The lowest BCUT2D eigenvalue weighted by Gasteiger charge is -2.15. The SMILES string of the molecule is COc1ccc(NC(=O)O[C@@H]2C=C[C@@H](c3c(C)nn(-c4ccc(C)c(Cl)c4)c3C)C2)cc1. The summed E-state index contributed by atoms with van der Waals surface area (Å²) in [6.45, 7) is 6.04. The highest BCUT2D eigenvalue weighted by Crippen LogP contribution is 2.35. The van der Waals surface area contributed by atoms with Crippen LogP contribution in [-0.2, 0) is 4.74 Å². The summed E-state index contributed by atoms with van der Waals surface area (Å²) in [5.74, 6) is 0.855. The molecule has 32 heavy (non-hydrogen) atoms. The molecule has 1 heterocycles. The molecule has 0 radical (unpaired) electrons. The first kappa shape index (κ1) is 22.0. The van der Waals surface area contributed by atoms with Crippen LogP contribution < -0.4 is 10.1 Å². The summed E-state index contributed by atoms with van der Waals surface area (Å²) < 4.78 is 12.7. The number of hydrogen-bond donors (Lipinski definition) is 1. The Labute approximate surface area is 192 Å². The first-order valence-electron chi connectivity index (χ1n) is 10.5. The van der Waals surface area contributed by atoms with Crippen molar-refractivity contribution in [2.75, 3.05) is 12.4 Å². The second-order valence-electron chi connectivity index (χ2n) is 7.95. The summed E-state index contributed by atoms with van der Waals surface area (Å²) >= 11 is 6.32. The summed E-state index contributed by atoms with van der Waals surface area (Å²) in [7, 11) is 1.60. The van der Waals surface area contributed by atoms with Gasteiger partial charge in [0.1, 0.15) is 11.9 Å². The monoisotopic (exact) mass is 451 g/mol. The molecule has 0 bridgehead atoms. The molecule has 0 fully saturated rings. The van der Waals surface area contributed by atoms with Crippen molar-refractivity contribution >= 4 is 23.4 Å². The van der Waals surface area contributed by atoms with E-state index in [4.69, 9.17) is 26.2 Å². The molecule has 0 unspecified atom stereocenters. The number of allylic oxidation sites excluding steroid dienone is 1. The van der Waals surface area contributed by atoms with Crippen LogP contribution in [0.25, 0.3) is 5.69 Å². The van der Waals surface area contributed by atoms with Crippen molar-refractivity contribution < 1.29 is 14.3 Å². The van der Waals surface area contributed by atoms with Crippen LogP contribution in [0.4, 0.5) is 10.5 Å². The van der Waals surface area contributed by atoms with Gasteiger partial charge in [0.05, 0.1) is 18.5 Å². The normalized spacial score (nSPS) is 17.4. The number of aromatic nitrogens is 2. The number of nitrogens with one attached hydrogen (secondary N) is 1. The molecule has 1 aromatic heterocycles. The molecule has 1 amide bonds. The molecule has 1 aliphatic carbocycles. The molecule has 0 aliphatic heterocycles. The molecule has 166 valence electrons. The molecule has 7 heteroatoms. The van der Waals surface area contributed by atoms with Crippen molar-refractivity contribution in [2.24, 2.45) is 0 Å². The Hall–Kier alpha value is -3.25. The smallest absolute Gasteiger partial charge is 0.412 e. The third-order valence-corrected chi connectivity index (χ3v) is 6.16. The van der Waals surface area contributed by atoms with Crippen molar-refractivity contribution in [1.82, 2.24) is 9.78 Å². The van der Waals surface area contributed by atoms with Crippen LogP contribution in [0.1, 0.15) is 34.9 Å². The lowest BCUT2D eigenvalue weighted by atomic mass is 9.96. The summed E-state index contributed by atoms with van der Waals surface area (Å²) in [5, 5.41) is 8.22. The fraction of sp³-hybridized carbons (Fsp3) is 0.280. The third kappa shape index (κ3) is 4.50. The van der Waals surface area contributed by atoms with Gasteiger partial charge in [0.15, 0.2) is 0 Å². The van der Waals surface area contributed by atoms with Crippen molar-refractivity contribution in [3.8, 4) is 11.4 Å². The van der Waals surface area contributed by atoms with Crippen LogP contribution in [0.3, 0.4) is 0 Å². The minimum Gasteiger partial charge on any atom is -0.497 e. The Morgan fingerprint density at radius 1 is 1.12 bits per heavy atom. The van der Waals surface area contributed by atoms with Gasteiger partial charge in [0, 0.05) is 27.9 Å². The molecule has 4 rings (SSSR count). The molecule has 0 saturated carbocycles. The van der Waals surface area contributed by atoms with E-state index < -0.39 is 6.09 Å². The molecule has 1 aliphatic rings. The maximum absolute atomic E-state index is 12.3. The van der Waals surface area contributed by atoms with E-state index in [1.165, 1.54) is 0 Å². The summed E-state index contributed by atoms with van der Waals surface area (Å²) in [4.78, 5) is 12.3. The van der Waals surface area contributed by atoms with E-state index in [0.717, 1.165) is 34.0 Å². The average Bonchev–Trinajstić information content (AvgIpc) is 3.33. The van der Waals surface area contributed by atoms with Gasteiger partial charge >= 0.3 is 6.09 Å². The van der Waals surface area contributed by atoms with Crippen LogP contribution in [0.15, 0.2) is 54.6 Å². The number of rotatable bonds is 5. The van der Waals surface area contributed by atoms with Crippen molar-refractivity contribution in [1.29, 1.82) is 0 Å². The van der Waals surface area contributed by atoms with Gasteiger partial charge in [-0.25, -0.2) is 9.48 Å². The standard InChI is InChI=1S/C25H26ClN3O3/c1-15-5-9-20(14-23(15)26)29-17(3)24(16(2)28-29)18-6-10-22(13-18)32-25(30)27-19-7-11-21(31-4)12-8-19/h5-12,14,18,22H,13H2,1-4H3,(H,27,30)/t18-,22-/m1/s1. The van der Waals surface area contributed by atoms with Crippen LogP contribution in [0.5, 0.6) is 5.75 Å². The number of aryl methyl sites for hydroxylation is 2. The van der Waals surface area contributed by atoms with Gasteiger partial charge in [-0.15, -0.1) is 0 Å². The Balaban J connectivity index is 1.43. The Kier molecular flexibility index (Phi) is 6.24. The topological polar surface area (TPSA) is 65.4 Å². The fourth-order valence-electron chi connectivity index (χ4n) is 4.08. The van der Waals surface area contributed by atoms with Crippen molar-refractivity contribution in [3.63, 3.8) is 0 Å². The number of methoxy groups -OCH3 is 1. The Morgan fingerprint density at radius 2 is 1.88 bits per heavy atom. The molecule has 0 spiro atoms. The van der Waals surface area contributed by atoms with Gasteiger partial charge in [0.25, 0.3) is 0 Å². The lowest BCUT2D eigenvalue weighted by Crippen LogP contribution is -2.20. The Bertz CT molecular complexity index is 1170. The highest BCUT2D eigenvalue weighted by Gasteiger charge is 2.28. The third-order valence-electron chi connectivity index (χ3n) is 5.76. The first-order valence-corrected chi connectivity index (χ1v) is 10.9. The number of halogens is 1. The predicted molar refractivity (Wildman–Crippen MR) is 126 cm³/mol. The number of carbonyl (C=O) groups is 1. The second-order valence-corrected chi connectivity index (χ2v) is 8.36. The fourth-order valence-corrected chi connectivity index (χ4v) is 4.26. The van der Waals surface area contributed by atoms with Gasteiger partial charge in [-0.3, -0.25) is 5.32 Å².